The summed E-state index contributed by atoms with van der Waals surface area (Å²) in [6.07, 6.45) is 10.1. The Labute approximate surface area is 182 Å². The van der Waals surface area contributed by atoms with E-state index in [0.29, 0.717) is 0 Å². The van der Waals surface area contributed by atoms with Crippen molar-refractivity contribution in [2.45, 2.75) is 51.9 Å². The maximum Gasteiger partial charge on any atom is 0.147 e. The second-order valence-corrected chi connectivity index (χ2v) is 9.39. The van der Waals surface area contributed by atoms with Gasteiger partial charge in [0.05, 0.1) is 23.4 Å². The van der Waals surface area contributed by atoms with Gasteiger partial charge in [-0.15, -0.1) is 11.3 Å². The molecular weight excluding hydrogens is 394 g/mol. The summed E-state index contributed by atoms with van der Waals surface area (Å²) in [6.45, 7) is 7.86. The van der Waals surface area contributed by atoms with Crippen LogP contribution in [0.3, 0.4) is 0 Å². The molecule has 30 heavy (non-hydrogen) atoms. The van der Waals surface area contributed by atoms with Gasteiger partial charge in [-0.1, -0.05) is 13.3 Å². The van der Waals surface area contributed by atoms with Crippen LogP contribution in [0.2, 0.25) is 0 Å². The molecule has 7 heteroatoms. The molecule has 5 rings (SSSR count). The lowest BCUT2D eigenvalue weighted by Gasteiger charge is -2.26. The Hall–Kier alpha value is -1.83. The largest absolute Gasteiger partial charge is 0.379 e. The average Bonchev–Trinajstić information content (AvgIpc) is 3.18. The number of thiophene rings is 1. The minimum Gasteiger partial charge on any atom is -0.379 e. The number of rotatable bonds is 7. The van der Waals surface area contributed by atoms with Gasteiger partial charge >= 0.3 is 0 Å². The molecule has 2 aliphatic rings. The fourth-order valence-electron chi connectivity index (χ4n) is 4.77. The van der Waals surface area contributed by atoms with Crippen LogP contribution in [-0.2, 0) is 24.0 Å². The van der Waals surface area contributed by atoms with E-state index in [0.717, 1.165) is 73.1 Å². The van der Waals surface area contributed by atoms with Gasteiger partial charge in [0, 0.05) is 37.3 Å². The van der Waals surface area contributed by atoms with Crippen molar-refractivity contribution in [2.24, 2.45) is 0 Å². The molecule has 0 aromatic carbocycles. The lowest BCUT2D eigenvalue weighted by molar-refractivity contribution is 0.0398. The summed E-state index contributed by atoms with van der Waals surface area (Å²) in [4.78, 5) is 18.1. The lowest BCUT2D eigenvalue weighted by atomic mass is 9.87. The number of fused-ring (bicyclic) bond motifs is 5. The molecule has 1 aliphatic heterocycles. The molecule has 1 aliphatic carbocycles. The third-order valence-electron chi connectivity index (χ3n) is 6.40. The Bertz CT molecular complexity index is 1030. The highest BCUT2D eigenvalue weighted by atomic mass is 32.1. The van der Waals surface area contributed by atoms with E-state index in [1.807, 2.05) is 0 Å². The SMILES string of the molecule is CCCCc1nc2sc3c(NCCN4CCOCC4)ncnc3c2c2c1CCCC2. The zero-order valence-corrected chi connectivity index (χ0v) is 18.7. The number of aromatic nitrogens is 3. The molecule has 0 spiro atoms. The van der Waals surface area contributed by atoms with Gasteiger partial charge in [-0.05, 0) is 49.7 Å². The van der Waals surface area contributed by atoms with Crippen LogP contribution in [0.15, 0.2) is 6.33 Å². The maximum atomic E-state index is 5.45. The van der Waals surface area contributed by atoms with Gasteiger partial charge < -0.3 is 10.1 Å². The molecule has 0 bridgehead atoms. The van der Waals surface area contributed by atoms with Crippen LogP contribution in [-0.4, -0.2) is 59.2 Å². The van der Waals surface area contributed by atoms with Crippen molar-refractivity contribution in [1.29, 1.82) is 0 Å². The molecule has 0 saturated carbocycles. The Kier molecular flexibility index (Phi) is 6.11. The first-order chi connectivity index (χ1) is 14.8. The lowest BCUT2D eigenvalue weighted by Crippen LogP contribution is -2.39. The van der Waals surface area contributed by atoms with Crippen molar-refractivity contribution in [1.82, 2.24) is 19.9 Å². The van der Waals surface area contributed by atoms with E-state index in [2.05, 4.69) is 22.1 Å². The highest BCUT2D eigenvalue weighted by Gasteiger charge is 2.23. The first-order valence-corrected chi connectivity index (χ1v) is 12.3. The van der Waals surface area contributed by atoms with Gasteiger partial charge in [-0.2, -0.15) is 0 Å². The molecule has 0 radical (unpaired) electrons. The molecule has 0 unspecified atom stereocenters. The van der Waals surface area contributed by atoms with Crippen molar-refractivity contribution in [3.63, 3.8) is 0 Å². The zero-order valence-electron chi connectivity index (χ0n) is 17.9. The van der Waals surface area contributed by atoms with Crippen LogP contribution >= 0.6 is 11.3 Å². The Balaban J connectivity index is 1.48. The monoisotopic (exact) mass is 425 g/mol. The van der Waals surface area contributed by atoms with E-state index in [1.165, 1.54) is 54.3 Å². The highest BCUT2D eigenvalue weighted by Crippen LogP contribution is 2.40. The number of hydrogen-bond acceptors (Lipinski definition) is 7. The summed E-state index contributed by atoms with van der Waals surface area (Å²) in [5.74, 6) is 0.955. The van der Waals surface area contributed by atoms with Gasteiger partial charge in [0.25, 0.3) is 0 Å². The molecule has 0 atom stereocenters. The third kappa shape index (κ3) is 3.90. The van der Waals surface area contributed by atoms with E-state index < -0.39 is 0 Å². The Morgan fingerprint density at radius 2 is 1.97 bits per heavy atom. The fraction of sp³-hybridized carbons (Fsp3) is 0.609. The van der Waals surface area contributed by atoms with E-state index in [4.69, 9.17) is 14.7 Å². The molecule has 3 aromatic heterocycles. The molecule has 1 saturated heterocycles. The number of anilines is 1. The van der Waals surface area contributed by atoms with Crippen LogP contribution in [0, 0.1) is 0 Å². The zero-order chi connectivity index (χ0) is 20.3. The molecule has 6 nitrogen and oxygen atoms in total. The first-order valence-electron chi connectivity index (χ1n) is 11.5. The van der Waals surface area contributed by atoms with Crippen LogP contribution in [0.5, 0.6) is 0 Å². The predicted molar refractivity (Wildman–Crippen MR) is 124 cm³/mol. The first kappa shape index (κ1) is 20.1. The molecule has 0 amide bonds. The number of ether oxygens (including phenoxy) is 1. The molecule has 1 N–H and O–H groups in total. The average molecular weight is 426 g/mol. The summed E-state index contributed by atoms with van der Waals surface area (Å²) in [7, 11) is 0. The summed E-state index contributed by atoms with van der Waals surface area (Å²) in [5, 5.41) is 4.87. The Morgan fingerprint density at radius 1 is 1.13 bits per heavy atom. The summed E-state index contributed by atoms with van der Waals surface area (Å²) in [6, 6.07) is 0. The highest BCUT2D eigenvalue weighted by molar-refractivity contribution is 7.26. The predicted octanol–water partition coefficient (Wildman–Crippen LogP) is 4.21. The Morgan fingerprint density at radius 3 is 2.80 bits per heavy atom. The second-order valence-electron chi connectivity index (χ2n) is 8.39. The van der Waals surface area contributed by atoms with Gasteiger partial charge in [-0.25, -0.2) is 15.0 Å². The normalized spacial score (nSPS) is 17.5. The van der Waals surface area contributed by atoms with Crippen LogP contribution < -0.4 is 5.32 Å². The van der Waals surface area contributed by atoms with Gasteiger partial charge in [-0.3, -0.25) is 4.90 Å². The smallest absolute Gasteiger partial charge is 0.147 e. The molecule has 3 aromatic rings. The van der Waals surface area contributed by atoms with Crippen molar-refractivity contribution >= 4 is 37.6 Å². The van der Waals surface area contributed by atoms with Gasteiger partial charge in [0.15, 0.2) is 0 Å². The molecular formula is C23H31N5OS. The number of unbranched alkanes of at least 4 members (excludes halogenated alkanes) is 1. The second kappa shape index (κ2) is 9.12. The number of nitrogens with one attached hydrogen (secondary N) is 1. The third-order valence-corrected chi connectivity index (χ3v) is 7.48. The molecule has 160 valence electrons. The van der Waals surface area contributed by atoms with Crippen molar-refractivity contribution in [3.05, 3.63) is 23.1 Å². The quantitative estimate of drug-likeness (QED) is 0.612. The number of hydrogen-bond donors (Lipinski definition) is 1. The number of morpholine rings is 1. The van der Waals surface area contributed by atoms with Crippen LogP contribution in [0.4, 0.5) is 5.82 Å². The van der Waals surface area contributed by atoms with Gasteiger partial charge in [0.1, 0.15) is 17.0 Å². The summed E-state index contributed by atoms with van der Waals surface area (Å²) < 4.78 is 6.60. The van der Waals surface area contributed by atoms with Crippen molar-refractivity contribution < 1.29 is 4.74 Å². The standard InChI is InChI=1S/C23H31N5OS/c1-2-3-8-18-16-6-4-5-7-17(16)19-20-21(30-23(19)27-18)22(26-15-25-20)24-9-10-28-11-13-29-14-12-28/h15H,2-14H2,1H3,(H,24,25,26). The summed E-state index contributed by atoms with van der Waals surface area (Å²) in [5.41, 5.74) is 5.45. The van der Waals surface area contributed by atoms with E-state index in [9.17, 15) is 0 Å². The maximum absolute atomic E-state index is 5.45. The molecule has 4 heterocycles. The van der Waals surface area contributed by atoms with Crippen molar-refractivity contribution in [2.75, 3.05) is 44.7 Å². The minimum atomic E-state index is 0.839. The minimum absolute atomic E-state index is 0.839. The molecule has 1 fully saturated rings. The number of aryl methyl sites for hydroxylation is 2. The van der Waals surface area contributed by atoms with Crippen LogP contribution in [0.25, 0.3) is 20.4 Å². The topological polar surface area (TPSA) is 63.2 Å². The van der Waals surface area contributed by atoms with Crippen molar-refractivity contribution in [3.8, 4) is 0 Å². The van der Waals surface area contributed by atoms with E-state index in [1.54, 1.807) is 17.7 Å². The van der Waals surface area contributed by atoms with Gasteiger partial charge in [0.2, 0.25) is 0 Å². The number of pyridine rings is 1. The summed E-state index contributed by atoms with van der Waals surface area (Å²) >= 11 is 1.76. The fourth-order valence-corrected chi connectivity index (χ4v) is 5.92. The van der Waals surface area contributed by atoms with Crippen LogP contribution in [0.1, 0.15) is 49.4 Å². The van der Waals surface area contributed by atoms with E-state index >= 15 is 0 Å². The van der Waals surface area contributed by atoms with E-state index in [-0.39, 0.29) is 0 Å². The number of nitrogens with zero attached hydrogens (tertiary/aromatic N) is 4.